The summed E-state index contributed by atoms with van der Waals surface area (Å²) in [5, 5.41) is 0. The van der Waals surface area contributed by atoms with Crippen molar-refractivity contribution in [2.75, 3.05) is 42.3 Å². The average Bonchev–Trinajstić information content (AvgIpc) is 2.50. The first-order valence-corrected chi connectivity index (χ1v) is 7.90. The lowest BCUT2D eigenvalue weighted by molar-refractivity contribution is 0.178. The van der Waals surface area contributed by atoms with E-state index < -0.39 is 9.84 Å². The van der Waals surface area contributed by atoms with E-state index in [4.69, 9.17) is 10.5 Å². The molecule has 2 N–H and O–H groups in total. The van der Waals surface area contributed by atoms with E-state index in [-0.39, 0.29) is 18.1 Å². The Balaban J connectivity index is 2.21. The Hall–Kier alpha value is -1.41. The van der Waals surface area contributed by atoms with Crippen molar-refractivity contribution < 1.29 is 13.2 Å². The number of nitrogens with zero attached hydrogens (tertiary/aromatic N) is 3. The molecule has 0 bridgehead atoms. The molecule has 0 atom stereocenters. The minimum atomic E-state index is -2.93. The molecule has 0 unspecified atom stereocenters. The number of nitrogen functional groups attached to an aromatic ring is 1. The molecule has 0 amide bonds. The van der Waals surface area contributed by atoms with Crippen LogP contribution in [0.15, 0.2) is 6.07 Å². The first-order chi connectivity index (χ1) is 9.00. The van der Waals surface area contributed by atoms with Crippen molar-refractivity contribution in [3.05, 3.63) is 11.9 Å². The van der Waals surface area contributed by atoms with Crippen LogP contribution in [-0.2, 0) is 21.2 Å². The second kappa shape index (κ2) is 5.70. The van der Waals surface area contributed by atoms with Crippen molar-refractivity contribution in [3.8, 4) is 0 Å². The highest BCUT2D eigenvalue weighted by atomic mass is 32.2. The van der Waals surface area contributed by atoms with Gasteiger partial charge in [0, 0.05) is 26.3 Å². The van der Waals surface area contributed by atoms with Gasteiger partial charge in [-0.25, -0.2) is 18.4 Å². The van der Waals surface area contributed by atoms with Gasteiger partial charge in [0.1, 0.15) is 18.2 Å². The fourth-order valence-corrected chi connectivity index (χ4v) is 3.30. The van der Waals surface area contributed by atoms with Crippen LogP contribution in [-0.4, -0.2) is 50.1 Å². The fraction of sp³-hybridized carbons (Fsp3) is 0.636. The first kappa shape index (κ1) is 14.0. The van der Waals surface area contributed by atoms with E-state index in [2.05, 4.69) is 9.97 Å². The van der Waals surface area contributed by atoms with Crippen LogP contribution in [0.4, 0.5) is 11.6 Å². The van der Waals surface area contributed by atoms with Gasteiger partial charge < -0.3 is 15.4 Å². The fourth-order valence-electron chi connectivity index (χ4n) is 2.03. The molecule has 0 radical (unpaired) electrons. The molecule has 1 aromatic heterocycles. The van der Waals surface area contributed by atoms with Crippen molar-refractivity contribution in [2.45, 2.75) is 13.0 Å². The van der Waals surface area contributed by atoms with Gasteiger partial charge in [0.25, 0.3) is 0 Å². The Morgan fingerprint density at radius 2 is 2.16 bits per heavy atom. The summed E-state index contributed by atoms with van der Waals surface area (Å²) in [6, 6.07) is 1.66. The summed E-state index contributed by atoms with van der Waals surface area (Å²) in [6.07, 6.45) is 0.603. The summed E-state index contributed by atoms with van der Waals surface area (Å²) in [6.45, 7) is 1.37. The van der Waals surface area contributed by atoms with Gasteiger partial charge in [-0.1, -0.05) is 0 Å². The van der Waals surface area contributed by atoms with Crippen molar-refractivity contribution in [1.29, 1.82) is 0 Å². The number of rotatable bonds is 3. The number of aromatic nitrogens is 2. The zero-order chi connectivity index (χ0) is 13.9. The van der Waals surface area contributed by atoms with Crippen molar-refractivity contribution >= 4 is 21.5 Å². The predicted molar refractivity (Wildman–Crippen MR) is 72.6 cm³/mol. The lowest BCUT2D eigenvalue weighted by atomic mass is 10.3. The number of anilines is 2. The van der Waals surface area contributed by atoms with E-state index in [9.17, 15) is 8.42 Å². The molecule has 0 spiro atoms. The van der Waals surface area contributed by atoms with Crippen LogP contribution >= 0.6 is 0 Å². The quantitative estimate of drug-likeness (QED) is 0.823. The summed E-state index contributed by atoms with van der Waals surface area (Å²) in [4.78, 5) is 10.4. The molecule has 19 heavy (non-hydrogen) atoms. The highest BCUT2D eigenvalue weighted by molar-refractivity contribution is 7.91. The molecule has 1 aromatic rings. The molecular formula is C11H18N4O3S. The summed E-state index contributed by atoms with van der Waals surface area (Å²) in [7, 11) is -1.37. The van der Waals surface area contributed by atoms with Gasteiger partial charge >= 0.3 is 0 Å². The van der Waals surface area contributed by atoms with E-state index in [1.54, 1.807) is 13.2 Å². The van der Waals surface area contributed by atoms with Gasteiger partial charge in [0.05, 0.1) is 11.5 Å². The first-order valence-electron chi connectivity index (χ1n) is 6.08. The Bertz CT molecular complexity index is 547. The zero-order valence-electron chi connectivity index (χ0n) is 10.9. The maximum absolute atomic E-state index is 11.6. The standard InChI is InChI=1S/C11H18N4O3S/c1-18-8-10-13-9(12)7-11(14-10)15-3-2-5-19(16,17)6-4-15/h7H,2-6,8H2,1H3,(H2,12,13,14). The smallest absolute Gasteiger partial charge is 0.158 e. The normalized spacial score (nSPS) is 19.1. The minimum absolute atomic E-state index is 0.149. The number of sulfone groups is 1. The molecule has 0 aliphatic carbocycles. The lowest BCUT2D eigenvalue weighted by Gasteiger charge is -2.21. The van der Waals surface area contributed by atoms with E-state index in [0.717, 1.165) is 0 Å². The molecule has 2 rings (SSSR count). The molecule has 1 fully saturated rings. The van der Waals surface area contributed by atoms with Crippen molar-refractivity contribution in [3.63, 3.8) is 0 Å². The molecular weight excluding hydrogens is 268 g/mol. The van der Waals surface area contributed by atoms with Crippen molar-refractivity contribution in [2.24, 2.45) is 0 Å². The van der Waals surface area contributed by atoms with Crippen LogP contribution in [0.1, 0.15) is 12.2 Å². The number of hydrogen-bond acceptors (Lipinski definition) is 7. The molecule has 1 saturated heterocycles. The average molecular weight is 286 g/mol. The van der Waals surface area contributed by atoms with Gasteiger partial charge in [0.2, 0.25) is 0 Å². The van der Waals surface area contributed by atoms with Gasteiger partial charge in [-0.15, -0.1) is 0 Å². The molecule has 106 valence electrons. The van der Waals surface area contributed by atoms with Crippen molar-refractivity contribution in [1.82, 2.24) is 9.97 Å². The van der Waals surface area contributed by atoms with E-state index >= 15 is 0 Å². The zero-order valence-corrected chi connectivity index (χ0v) is 11.7. The monoisotopic (exact) mass is 286 g/mol. The summed E-state index contributed by atoms with van der Waals surface area (Å²) in [5.74, 6) is 1.91. The van der Waals surface area contributed by atoms with E-state index in [1.165, 1.54) is 0 Å². The Morgan fingerprint density at radius 3 is 2.89 bits per heavy atom. The maximum atomic E-state index is 11.6. The number of hydrogen-bond donors (Lipinski definition) is 1. The summed E-state index contributed by atoms with van der Waals surface area (Å²) < 4.78 is 28.1. The third-order valence-electron chi connectivity index (χ3n) is 2.93. The molecule has 7 nitrogen and oxygen atoms in total. The van der Waals surface area contributed by atoms with Crippen LogP contribution in [0.2, 0.25) is 0 Å². The summed E-state index contributed by atoms with van der Waals surface area (Å²) in [5.41, 5.74) is 5.74. The molecule has 2 heterocycles. The summed E-state index contributed by atoms with van der Waals surface area (Å²) >= 11 is 0. The SMILES string of the molecule is COCc1nc(N)cc(N2CCCS(=O)(=O)CC2)n1. The second-order valence-electron chi connectivity index (χ2n) is 4.49. The molecule has 1 aliphatic heterocycles. The van der Waals surface area contributed by atoms with Crippen LogP contribution in [0.3, 0.4) is 0 Å². The van der Waals surface area contributed by atoms with E-state index in [1.807, 2.05) is 4.90 Å². The number of ether oxygens (including phenoxy) is 1. The predicted octanol–water partition coefficient (Wildman–Crippen LogP) is -0.170. The van der Waals surface area contributed by atoms with Gasteiger partial charge in [-0.05, 0) is 6.42 Å². The maximum Gasteiger partial charge on any atom is 0.158 e. The van der Waals surface area contributed by atoms with Crippen LogP contribution in [0, 0.1) is 0 Å². The minimum Gasteiger partial charge on any atom is -0.384 e. The molecule has 0 saturated carbocycles. The second-order valence-corrected chi connectivity index (χ2v) is 6.80. The topological polar surface area (TPSA) is 98.4 Å². The lowest BCUT2D eigenvalue weighted by Crippen LogP contribution is -2.28. The molecule has 8 heteroatoms. The number of methoxy groups -OCH3 is 1. The van der Waals surface area contributed by atoms with E-state index in [0.29, 0.717) is 37.0 Å². The largest absolute Gasteiger partial charge is 0.384 e. The highest BCUT2D eigenvalue weighted by Gasteiger charge is 2.20. The third kappa shape index (κ3) is 3.77. The van der Waals surface area contributed by atoms with Crippen LogP contribution < -0.4 is 10.6 Å². The Labute approximate surface area is 112 Å². The Kier molecular flexibility index (Phi) is 4.20. The highest BCUT2D eigenvalue weighted by Crippen LogP contribution is 2.17. The molecule has 0 aromatic carbocycles. The van der Waals surface area contributed by atoms with Gasteiger partial charge in [-0.2, -0.15) is 0 Å². The Morgan fingerprint density at radius 1 is 1.37 bits per heavy atom. The van der Waals surface area contributed by atoms with Gasteiger partial charge in [-0.3, -0.25) is 0 Å². The van der Waals surface area contributed by atoms with Gasteiger partial charge in [0.15, 0.2) is 15.7 Å². The number of nitrogens with two attached hydrogens (primary N) is 1. The third-order valence-corrected chi connectivity index (χ3v) is 4.65. The van der Waals surface area contributed by atoms with Crippen LogP contribution in [0.25, 0.3) is 0 Å². The molecule has 1 aliphatic rings. The van der Waals surface area contributed by atoms with Crippen LogP contribution in [0.5, 0.6) is 0 Å².